The molecule has 110 valence electrons. The summed E-state index contributed by atoms with van der Waals surface area (Å²) in [5.74, 6) is 1.18. The van der Waals surface area contributed by atoms with Crippen molar-refractivity contribution in [2.45, 2.75) is 19.8 Å². The van der Waals surface area contributed by atoms with Crippen LogP contribution in [0, 0.1) is 6.92 Å². The number of hydrogen-bond donors (Lipinski definition) is 0. The maximum Gasteiger partial charge on any atom is 0.328 e. The highest BCUT2D eigenvalue weighted by atomic mass is 35.5. The summed E-state index contributed by atoms with van der Waals surface area (Å²) in [6, 6.07) is 5.56. The predicted molar refractivity (Wildman–Crippen MR) is 82.5 cm³/mol. The molecular weight excluding hydrogens is 311 g/mol. The number of aromatic nitrogens is 3. The molecule has 0 N–H and O–H groups in total. The van der Waals surface area contributed by atoms with E-state index in [1.165, 1.54) is 0 Å². The molecule has 7 heteroatoms. The number of anilines is 1. The summed E-state index contributed by atoms with van der Waals surface area (Å²) in [4.78, 5) is 14.6. The van der Waals surface area contributed by atoms with E-state index in [0.29, 0.717) is 16.7 Å². The van der Waals surface area contributed by atoms with Crippen molar-refractivity contribution in [1.29, 1.82) is 0 Å². The van der Waals surface area contributed by atoms with E-state index in [2.05, 4.69) is 19.9 Å². The molecule has 0 aliphatic carbocycles. The van der Waals surface area contributed by atoms with Crippen LogP contribution in [0.3, 0.4) is 0 Å². The van der Waals surface area contributed by atoms with Crippen LogP contribution in [-0.2, 0) is 0 Å². The largest absolute Gasteiger partial charge is 0.424 e. The molecule has 0 bridgehead atoms. The number of ether oxygens (including phenoxy) is 1. The van der Waals surface area contributed by atoms with Gasteiger partial charge in [-0.15, -0.1) is 0 Å². The predicted octanol–water partition coefficient (Wildman–Crippen LogP) is 3.88. The third-order valence-electron chi connectivity index (χ3n) is 3.30. The van der Waals surface area contributed by atoms with Crippen molar-refractivity contribution in [2.75, 3.05) is 18.0 Å². The first kappa shape index (κ1) is 14.4. The smallest absolute Gasteiger partial charge is 0.328 e. The highest BCUT2D eigenvalue weighted by Crippen LogP contribution is 2.26. The summed E-state index contributed by atoms with van der Waals surface area (Å²) < 4.78 is 5.66. The fourth-order valence-corrected chi connectivity index (χ4v) is 2.48. The molecule has 0 saturated carbocycles. The Kier molecular flexibility index (Phi) is 4.12. The minimum absolute atomic E-state index is 0.132. The Labute approximate surface area is 132 Å². The lowest BCUT2D eigenvalue weighted by atomic mass is 10.2. The standard InChI is InChI=1S/C14H14Cl2N4O/c1-9-8-10(4-5-11(9)15)21-14-18-12(16)17-13(19-14)20-6-2-3-7-20/h4-5,8H,2-3,6-7H2,1H3. The lowest BCUT2D eigenvalue weighted by Gasteiger charge is -2.15. The molecule has 0 radical (unpaired) electrons. The van der Waals surface area contributed by atoms with Crippen LogP contribution in [0.4, 0.5) is 5.95 Å². The molecule has 5 nitrogen and oxygen atoms in total. The molecule has 1 saturated heterocycles. The SMILES string of the molecule is Cc1cc(Oc2nc(Cl)nc(N3CCCC3)n2)ccc1Cl. The van der Waals surface area contributed by atoms with Gasteiger partial charge in [0.2, 0.25) is 11.2 Å². The quantitative estimate of drug-likeness (QED) is 0.857. The Morgan fingerprint density at radius 1 is 1.10 bits per heavy atom. The van der Waals surface area contributed by atoms with Gasteiger partial charge in [0.05, 0.1) is 0 Å². The van der Waals surface area contributed by atoms with Gasteiger partial charge in [0.1, 0.15) is 5.75 Å². The summed E-state index contributed by atoms with van der Waals surface area (Å²) >= 11 is 12.0. The van der Waals surface area contributed by atoms with Gasteiger partial charge in [0.25, 0.3) is 0 Å². The van der Waals surface area contributed by atoms with Gasteiger partial charge in [-0.3, -0.25) is 0 Å². The van der Waals surface area contributed by atoms with Crippen LogP contribution in [-0.4, -0.2) is 28.0 Å². The van der Waals surface area contributed by atoms with Gasteiger partial charge < -0.3 is 9.64 Å². The third-order valence-corrected chi connectivity index (χ3v) is 3.90. The molecule has 0 amide bonds. The van der Waals surface area contributed by atoms with Gasteiger partial charge in [-0.25, -0.2) is 0 Å². The van der Waals surface area contributed by atoms with Gasteiger partial charge in [0.15, 0.2) is 0 Å². The molecule has 1 aliphatic heterocycles. The maximum atomic E-state index is 6.00. The van der Waals surface area contributed by atoms with Crippen LogP contribution in [0.25, 0.3) is 0 Å². The first-order valence-electron chi connectivity index (χ1n) is 6.72. The first-order valence-corrected chi connectivity index (χ1v) is 7.48. The Morgan fingerprint density at radius 2 is 1.86 bits per heavy atom. The normalized spacial score (nSPS) is 14.5. The number of benzene rings is 1. The van der Waals surface area contributed by atoms with E-state index < -0.39 is 0 Å². The van der Waals surface area contributed by atoms with Gasteiger partial charge in [0, 0.05) is 18.1 Å². The number of halogens is 2. The van der Waals surface area contributed by atoms with E-state index >= 15 is 0 Å². The van der Waals surface area contributed by atoms with E-state index in [9.17, 15) is 0 Å². The fraction of sp³-hybridized carbons (Fsp3) is 0.357. The second-order valence-electron chi connectivity index (χ2n) is 4.89. The molecule has 1 aliphatic rings. The van der Waals surface area contributed by atoms with Crippen LogP contribution < -0.4 is 9.64 Å². The topological polar surface area (TPSA) is 51.1 Å². The van der Waals surface area contributed by atoms with E-state index in [1.54, 1.807) is 12.1 Å². The number of nitrogens with zero attached hydrogens (tertiary/aromatic N) is 4. The highest BCUT2D eigenvalue weighted by molar-refractivity contribution is 6.31. The van der Waals surface area contributed by atoms with Crippen molar-refractivity contribution >= 4 is 29.2 Å². The van der Waals surface area contributed by atoms with Gasteiger partial charge in [-0.2, -0.15) is 15.0 Å². The molecule has 0 unspecified atom stereocenters. The Morgan fingerprint density at radius 3 is 2.57 bits per heavy atom. The van der Waals surface area contributed by atoms with E-state index in [0.717, 1.165) is 31.5 Å². The number of aryl methyl sites for hydroxylation is 1. The molecular formula is C14H14Cl2N4O. The van der Waals surface area contributed by atoms with Crippen LogP contribution in [0.5, 0.6) is 11.8 Å². The van der Waals surface area contributed by atoms with Crippen LogP contribution in [0.15, 0.2) is 18.2 Å². The fourth-order valence-electron chi connectivity index (χ4n) is 2.21. The minimum atomic E-state index is 0.132. The zero-order chi connectivity index (χ0) is 14.8. The van der Waals surface area contributed by atoms with Gasteiger partial charge in [-0.1, -0.05) is 11.6 Å². The van der Waals surface area contributed by atoms with Crippen LogP contribution >= 0.6 is 23.2 Å². The average Bonchev–Trinajstić information content (AvgIpc) is 2.96. The average molecular weight is 325 g/mol. The molecule has 3 rings (SSSR count). The molecule has 21 heavy (non-hydrogen) atoms. The molecule has 2 heterocycles. The van der Waals surface area contributed by atoms with Crippen LogP contribution in [0.1, 0.15) is 18.4 Å². The zero-order valence-corrected chi connectivity index (χ0v) is 13.0. The maximum absolute atomic E-state index is 6.00. The third kappa shape index (κ3) is 3.36. The second kappa shape index (κ2) is 6.03. The summed E-state index contributed by atoms with van der Waals surface area (Å²) in [7, 11) is 0. The van der Waals surface area contributed by atoms with Crippen molar-refractivity contribution in [3.63, 3.8) is 0 Å². The minimum Gasteiger partial charge on any atom is -0.424 e. The molecule has 0 spiro atoms. The lowest BCUT2D eigenvalue weighted by Crippen LogP contribution is -2.21. The van der Waals surface area contributed by atoms with Crippen molar-refractivity contribution in [3.05, 3.63) is 34.1 Å². The lowest BCUT2D eigenvalue weighted by molar-refractivity contribution is 0.439. The Bertz CT molecular complexity index is 659. The molecule has 0 atom stereocenters. The summed E-state index contributed by atoms with van der Waals surface area (Å²) in [5, 5.41) is 0.821. The van der Waals surface area contributed by atoms with Crippen molar-refractivity contribution in [3.8, 4) is 11.8 Å². The van der Waals surface area contributed by atoms with E-state index in [-0.39, 0.29) is 11.3 Å². The summed E-state index contributed by atoms with van der Waals surface area (Å²) in [5.41, 5.74) is 0.925. The molecule has 1 aromatic heterocycles. The molecule has 1 fully saturated rings. The van der Waals surface area contributed by atoms with E-state index in [1.807, 2.05) is 13.0 Å². The summed E-state index contributed by atoms with van der Waals surface area (Å²) in [6.45, 7) is 3.77. The Hall–Kier alpha value is -1.59. The molecule has 1 aromatic carbocycles. The Balaban J connectivity index is 1.85. The molecule has 2 aromatic rings. The number of rotatable bonds is 3. The van der Waals surface area contributed by atoms with Crippen molar-refractivity contribution in [2.24, 2.45) is 0 Å². The first-order chi connectivity index (χ1) is 10.1. The summed E-state index contributed by atoms with van der Waals surface area (Å²) in [6.07, 6.45) is 2.27. The number of hydrogen-bond acceptors (Lipinski definition) is 5. The highest BCUT2D eigenvalue weighted by Gasteiger charge is 2.17. The van der Waals surface area contributed by atoms with Gasteiger partial charge >= 0.3 is 6.01 Å². The van der Waals surface area contributed by atoms with Gasteiger partial charge in [-0.05, 0) is 55.1 Å². The van der Waals surface area contributed by atoms with Crippen LogP contribution in [0.2, 0.25) is 10.3 Å². The van der Waals surface area contributed by atoms with Crippen molar-refractivity contribution in [1.82, 2.24) is 15.0 Å². The van der Waals surface area contributed by atoms with E-state index in [4.69, 9.17) is 27.9 Å². The monoisotopic (exact) mass is 324 g/mol. The second-order valence-corrected chi connectivity index (χ2v) is 5.64. The van der Waals surface area contributed by atoms with Crippen molar-refractivity contribution < 1.29 is 4.74 Å². The zero-order valence-electron chi connectivity index (χ0n) is 11.5.